The molecule has 7 heteroatoms. The van der Waals surface area contributed by atoms with E-state index in [2.05, 4.69) is 34.1 Å². The molecule has 0 atom stereocenters. The highest BCUT2D eigenvalue weighted by molar-refractivity contribution is 5.96. The van der Waals surface area contributed by atoms with Gasteiger partial charge >= 0.3 is 0 Å². The van der Waals surface area contributed by atoms with Crippen LogP contribution in [0.25, 0.3) is 16.6 Å². The number of benzene rings is 2. The first kappa shape index (κ1) is 17.8. The van der Waals surface area contributed by atoms with Gasteiger partial charge < -0.3 is 20.1 Å². The summed E-state index contributed by atoms with van der Waals surface area (Å²) in [5.41, 5.74) is 11.1. The number of hydrogen-bond donors (Lipinski definition) is 1. The molecule has 2 aromatic heterocycles. The Kier molecular flexibility index (Phi) is 4.44. The first-order chi connectivity index (χ1) is 14.2. The van der Waals surface area contributed by atoms with Crippen molar-refractivity contribution in [2.24, 2.45) is 0 Å². The lowest BCUT2D eigenvalue weighted by Gasteiger charge is -2.28. The molecule has 5 rings (SSSR count). The minimum absolute atomic E-state index is 0.401. The lowest BCUT2D eigenvalue weighted by molar-refractivity contribution is 0.122. The van der Waals surface area contributed by atoms with E-state index in [0.717, 1.165) is 55.0 Å². The van der Waals surface area contributed by atoms with E-state index < -0.39 is 0 Å². The maximum atomic E-state index is 6.20. The molecule has 7 nitrogen and oxygen atoms in total. The van der Waals surface area contributed by atoms with Crippen LogP contribution < -0.4 is 15.4 Å². The Morgan fingerprint density at radius 2 is 1.86 bits per heavy atom. The van der Waals surface area contributed by atoms with Crippen molar-refractivity contribution >= 4 is 28.2 Å². The van der Waals surface area contributed by atoms with Crippen LogP contribution in [-0.2, 0) is 11.2 Å². The van der Waals surface area contributed by atoms with Gasteiger partial charge in [-0.15, -0.1) is 0 Å². The predicted octanol–water partition coefficient (Wildman–Crippen LogP) is 2.90. The third-order valence-corrected chi connectivity index (χ3v) is 5.39. The molecule has 1 saturated heterocycles. The van der Waals surface area contributed by atoms with Gasteiger partial charge in [-0.2, -0.15) is 0 Å². The number of nitrogen functional groups attached to an aromatic ring is 1. The maximum absolute atomic E-state index is 6.20. The van der Waals surface area contributed by atoms with Gasteiger partial charge in [0.1, 0.15) is 16.9 Å². The number of imidazole rings is 1. The Balaban J connectivity index is 1.46. The Labute approximate surface area is 168 Å². The van der Waals surface area contributed by atoms with Crippen LogP contribution in [0.3, 0.4) is 0 Å². The summed E-state index contributed by atoms with van der Waals surface area (Å²) in [6.45, 7) is 3.46. The molecule has 29 heavy (non-hydrogen) atoms. The second-order valence-corrected chi connectivity index (χ2v) is 7.19. The summed E-state index contributed by atoms with van der Waals surface area (Å²) in [4.78, 5) is 11.7. The van der Waals surface area contributed by atoms with Crippen molar-refractivity contribution in [1.29, 1.82) is 0 Å². The van der Waals surface area contributed by atoms with Crippen LogP contribution in [0.4, 0.5) is 11.6 Å². The first-order valence-corrected chi connectivity index (χ1v) is 9.75. The van der Waals surface area contributed by atoms with Crippen molar-refractivity contribution < 1.29 is 9.47 Å². The van der Waals surface area contributed by atoms with Crippen molar-refractivity contribution in [2.75, 3.05) is 44.0 Å². The van der Waals surface area contributed by atoms with E-state index >= 15 is 0 Å². The zero-order valence-corrected chi connectivity index (χ0v) is 16.3. The zero-order valence-electron chi connectivity index (χ0n) is 16.3. The average molecular weight is 389 g/mol. The molecule has 1 aliphatic heterocycles. The van der Waals surface area contributed by atoms with Crippen LogP contribution in [0.15, 0.2) is 48.7 Å². The van der Waals surface area contributed by atoms with Crippen molar-refractivity contribution in [2.45, 2.75) is 6.42 Å². The van der Waals surface area contributed by atoms with Crippen LogP contribution in [0.2, 0.25) is 0 Å². The Morgan fingerprint density at radius 1 is 1.07 bits per heavy atom. The minimum atomic E-state index is 0.401. The molecule has 2 aromatic carbocycles. The number of hydrogen-bond acceptors (Lipinski definition) is 6. The molecule has 0 spiro atoms. The van der Waals surface area contributed by atoms with Crippen molar-refractivity contribution in [3.05, 3.63) is 59.9 Å². The largest absolute Gasteiger partial charge is 0.494 e. The fraction of sp³-hybridized carbons (Fsp3) is 0.273. The summed E-state index contributed by atoms with van der Waals surface area (Å²) in [7, 11) is 1.63. The number of morpholine rings is 1. The molecule has 0 aliphatic carbocycles. The first-order valence-electron chi connectivity index (χ1n) is 9.75. The zero-order chi connectivity index (χ0) is 19.8. The number of methoxy groups -OCH3 is 1. The number of nitrogens with zero attached hydrogens (tertiary/aromatic N) is 4. The molecule has 0 unspecified atom stereocenters. The molecule has 0 bridgehead atoms. The molecule has 2 N–H and O–H groups in total. The van der Waals surface area contributed by atoms with Gasteiger partial charge in [0, 0.05) is 36.8 Å². The van der Waals surface area contributed by atoms with Crippen LogP contribution in [0, 0.1) is 0 Å². The summed E-state index contributed by atoms with van der Waals surface area (Å²) in [5.74, 6) is 1.10. The highest BCUT2D eigenvalue weighted by Gasteiger charge is 2.14. The highest BCUT2D eigenvalue weighted by Crippen LogP contribution is 2.28. The second-order valence-electron chi connectivity index (χ2n) is 7.19. The summed E-state index contributed by atoms with van der Waals surface area (Å²) >= 11 is 0. The van der Waals surface area contributed by atoms with Crippen LogP contribution in [0.5, 0.6) is 5.75 Å². The van der Waals surface area contributed by atoms with Crippen molar-refractivity contribution in [1.82, 2.24) is 14.4 Å². The molecule has 4 aromatic rings. The predicted molar refractivity (Wildman–Crippen MR) is 114 cm³/mol. The van der Waals surface area contributed by atoms with E-state index in [1.165, 1.54) is 11.3 Å². The smallest absolute Gasteiger partial charge is 0.206 e. The van der Waals surface area contributed by atoms with Crippen LogP contribution in [0.1, 0.15) is 11.3 Å². The number of rotatable bonds is 4. The van der Waals surface area contributed by atoms with Gasteiger partial charge in [0.25, 0.3) is 0 Å². The number of anilines is 2. The minimum Gasteiger partial charge on any atom is -0.494 e. The third kappa shape index (κ3) is 3.23. The SMILES string of the molecule is COc1cccc2c1nc(N)n1cc(Cc3ccc(N4CCOCC4)cc3)nc21. The van der Waals surface area contributed by atoms with E-state index in [9.17, 15) is 0 Å². The van der Waals surface area contributed by atoms with Gasteiger partial charge in [0.15, 0.2) is 0 Å². The van der Waals surface area contributed by atoms with Gasteiger partial charge in [-0.05, 0) is 29.8 Å². The van der Waals surface area contributed by atoms with E-state index in [4.69, 9.17) is 20.2 Å². The fourth-order valence-corrected chi connectivity index (χ4v) is 3.89. The summed E-state index contributed by atoms with van der Waals surface area (Å²) in [6, 6.07) is 14.5. The Morgan fingerprint density at radius 3 is 2.62 bits per heavy atom. The number of ether oxygens (including phenoxy) is 2. The maximum Gasteiger partial charge on any atom is 0.206 e. The lowest BCUT2D eigenvalue weighted by atomic mass is 10.1. The molecule has 0 amide bonds. The van der Waals surface area contributed by atoms with E-state index in [1.54, 1.807) is 7.11 Å². The quantitative estimate of drug-likeness (QED) is 0.578. The molecule has 148 valence electrons. The second kappa shape index (κ2) is 7.25. The average Bonchev–Trinajstić information content (AvgIpc) is 3.19. The number of para-hydroxylation sites is 1. The van der Waals surface area contributed by atoms with Gasteiger partial charge in [-0.1, -0.05) is 18.2 Å². The molecular formula is C22H23N5O2. The highest BCUT2D eigenvalue weighted by atomic mass is 16.5. The lowest BCUT2D eigenvalue weighted by Crippen LogP contribution is -2.36. The topological polar surface area (TPSA) is 77.9 Å². The van der Waals surface area contributed by atoms with Gasteiger partial charge in [-0.25, -0.2) is 9.97 Å². The van der Waals surface area contributed by atoms with E-state index in [1.807, 2.05) is 28.8 Å². The van der Waals surface area contributed by atoms with Crippen molar-refractivity contribution in [3.8, 4) is 5.75 Å². The fourth-order valence-electron chi connectivity index (χ4n) is 3.89. The Bertz CT molecular complexity index is 1160. The summed E-state index contributed by atoms with van der Waals surface area (Å²) in [5, 5.41) is 0.924. The normalized spacial score (nSPS) is 14.6. The van der Waals surface area contributed by atoms with E-state index in [-0.39, 0.29) is 0 Å². The third-order valence-electron chi connectivity index (χ3n) is 5.39. The number of aromatic nitrogens is 3. The monoisotopic (exact) mass is 389 g/mol. The molecule has 1 aliphatic rings. The Hall–Kier alpha value is -3.32. The number of fused-ring (bicyclic) bond motifs is 3. The molecule has 0 saturated carbocycles. The van der Waals surface area contributed by atoms with Gasteiger partial charge in [-0.3, -0.25) is 4.40 Å². The molecular weight excluding hydrogens is 366 g/mol. The van der Waals surface area contributed by atoms with Gasteiger partial charge in [0.2, 0.25) is 5.95 Å². The molecule has 0 radical (unpaired) electrons. The number of nitrogens with two attached hydrogens (primary N) is 1. The van der Waals surface area contributed by atoms with Crippen LogP contribution in [-0.4, -0.2) is 47.8 Å². The summed E-state index contributed by atoms with van der Waals surface area (Å²) in [6.07, 6.45) is 2.70. The van der Waals surface area contributed by atoms with Crippen LogP contribution >= 0.6 is 0 Å². The molecule has 1 fully saturated rings. The standard InChI is InChI=1S/C22H23N5O2/c1-28-19-4-2-3-18-20(19)25-22(23)27-14-16(24-21(18)27)13-15-5-7-17(8-6-15)26-9-11-29-12-10-26/h2-8,14H,9-13H2,1H3,(H2,23,25). The van der Waals surface area contributed by atoms with Gasteiger partial charge in [0.05, 0.1) is 26.0 Å². The summed E-state index contributed by atoms with van der Waals surface area (Å²) < 4.78 is 12.7. The van der Waals surface area contributed by atoms with E-state index in [0.29, 0.717) is 11.7 Å². The molecule has 3 heterocycles. The van der Waals surface area contributed by atoms with Crippen molar-refractivity contribution in [3.63, 3.8) is 0 Å².